The van der Waals surface area contributed by atoms with Gasteiger partial charge in [0.1, 0.15) is 11.5 Å². The lowest BCUT2D eigenvalue weighted by Crippen LogP contribution is -2.31. The molecule has 1 aliphatic heterocycles. The van der Waals surface area contributed by atoms with E-state index >= 15 is 0 Å². The maximum absolute atomic E-state index is 13.4. The number of thioether (sulfide) groups is 1. The molecule has 0 aliphatic carbocycles. The molecule has 0 unspecified atom stereocenters. The number of aliphatic imine (C=N–C) groups is 1. The van der Waals surface area contributed by atoms with Gasteiger partial charge in [0, 0.05) is 11.3 Å². The average Bonchev–Trinajstić information content (AvgIpc) is 3.14. The molecule has 0 spiro atoms. The molecule has 0 radical (unpaired) electrons. The van der Waals surface area contributed by atoms with E-state index in [1.54, 1.807) is 30.3 Å². The Kier molecular flexibility index (Phi) is 6.98. The van der Waals surface area contributed by atoms with Crippen LogP contribution in [0.3, 0.4) is 0 Å². The summed E-state index contributed by atoms with van der Waals surface area (Å²) in [6.07, 6.45) is 1.67. The van der Waals surface area contributed by atoms with E-state index in [0.717, 1.165) is 17.3 Å². The quantitative estimate of drug-likeness (QED) is 0.397. The van der Waals surface area contributed by atoms with Gasteiger partial charge in [-0.05, 0) is 67.1 Å². The maximum Gasteiger partial charge on any atom is 0.283 e. The monoisotopic (exact) mass is 473 g/mol. The molecular weight excluding hydrogens is 453 g/mol. The van der Waals surface area contributed by atoms with Crippen LogP contribution >= 0.6 is 11.8 Å². The molecule has 0 atom stereocenters. The van der Waals surface area contributed by atoms with Gasteiger partial charge in [-0.15, -0.1) is 0 Å². The summed E-state index contributed by atoms with van der Waals surface area (Å²) in [6.45, 7) is 1.47. The van der Waals surface area contributed by atoms with Crippen LogP contribution in [0.25, 0.3) is 6.08 Å². The van der Waals surface area contributed by atoms with Crippen molar-refractivity contribution in [2.75, 3.05) is 16.0 Å². The van der Waals surface area contributed by atoms with E-state index in [0.29, 0.717) is 22.1 Å². The molecule has 3 aromatic carbocycles. The summed E-state index contributed by atoms with van der Waals surface area (Å²) in [7, 11) is 0. The number of nitrogens with one attached hydrogen (secondary N) is 1. The molecule has 8 heteroatoms. The third-order valence-corrected chi connectivity index (χ3v) is 5.86. The lowest BCUT2D eigenvalue weighted by Gasteiger charge is -2.17. The highest BCUT2D eigenvalue weighted by Gasteiger charge is 2.32. The maximum atomic E-state index is 13.4. The minimum atomic E-state index is -0.420. The van der Waals surface area contributed by atoms with Crippen LogP contribution in [0.5, 0.6) is 0 Å². The number of anilines is 2. The van der Waals surface area contributed by atoms with Crippen molar-refractivity contribution in [3.63, 3.8) is 0 Å². The molecule has 1 aliphatic rings. The average molecular weight is 474 g/mol. The van der Waals surface area contributed by atoms with Gasteiger partial charge >= 0.3 is 0 Å². The highest BCUT2D eigenvalue weighted by atomic mass is 32.2. The Labute approximate surface area is 200 Å². The van der Waals surface area contributed by atoms with Crippen LogP contribution in [0.15, 0.2) is 89.6 Å². The van der Waals surface area contributed by atoms with Crippen LogP contribution < -0.4 is 10.2 Å². The summed E-state index contributed by atoms with van der Waals surface area (Å²) in [5, 5.41) is 3.08. The molecule has 0 fully saturated rings. The van der Waals surface area contributed by atoms with Gasteiger partial charge in [-0.25, -0.2) is 9.38 Å². The smallest absolute Gasteiger partial charge is 0.283 e. The molecule has 34 heavy (non-hydrogen) atoms. The minimum absolute atomic E-state index is 0.00309. The van der Waals surface area contributed by atoms with Gasteiger partial charge < -0.3 is 5.32 Å². The van der Waals surface area contributed by atoms with E-state index in [1.165, 1.54) is 36.1 Å². The highest BCUT2D eigenvalue weighted by Crippen LogP contribution is 2.29. The molecule has 3 aromatic rings. The van der Waals surface area contributed by atoms with Crippen LogP contribution in [0.4, 0.5) is 15.8 Å². The summed E-state index contributed by atoms with van der Waals surface area (Å²) in [5.41, 5.74) is 2.60. The molecule has 1 heterocycles. The topological polar surface area (TPSA) is 78.8 Å². The molecule has 0 bridgehead atoms. The zero-order chi connectivity index (χ0) is 24.1. The van der Waals surface area contributed by atoms with Gasteiger partial charge in [0.05, 0.1) is 11.4 Å². The Morgan fingerprint density at radius 1 is 1.00 bits per heavy atom. The highest BCUT2D eigenvalue weighted by molar-refractivity contribution is 8.14. The molecule has 6 nitrogen and oxygen atoms in total. The Hall–Kier alpha value is -4.04. The second-order valence-electron chi connectivity index (χ2n) is 7.42. The van der Waals surface area contributed by atoms with Crippen LogP contribution in [-0.4, -0.2) is 28.5 Å². The number of ketones is 1. The summed E-state index contributed by atoms with van der Waals surface area (Å²) in [5.74, 6) is -1.14. The molecule has 0 saturated heterocycles. The van der Waals surface area contributed by atoms with Crippen LogP contribution in [-0.2, 0) is 9.59 Å². The van der Waals surface area contributed by atoms with Gasteiger partial charge in [-0.2, -0.15) is 0 Å². The largest absolute Gasteiger partial charge is 0.325 e. The van der Waals surface area contributed by atoms with Crippen LogP contribution in [0.2, 0.25) is 0 Å². The van der Waals surface area contributed by atoms with Crippen molar-refractivity contribution >= 4 is 52.0 Å². The van der Waals surface area contributed by atoms with Crippen molar-refractivity contribution in [3.8, 4) is 0 Å². The van der Waals surface area contributed by atoms with Gasteiger partial charge in [0.15, 0.2) is 11.0 Å². The summed E-state index contributed by atoms with van der Waals surface area (Å²) < 4.78 is 13.4. The number of hydrogen-bond acceptors (Lipinski definition) is 5. The Balaban J connectivity index is 1.52. The fraction of sp³-hybridized carbons (Fsp3) is 0.0769. The molecule has 2 amide bonds. The first-order valence-corrected chi connectivity index (χ1v) is 11.4. The first-order chi connectivity index (χ1) is 16.4. The fourth-order valence-electron chi connectivity index (χ4n) is 3.23. The molecule has 0 saturated carbocycles. The lowest BCUT2D eigenvalue weighted by atomic mass is 10.1. The predicted octanol–water partition coefficient (Wildman–Crippen LogP) is 5.14. The van der Waals surface area contributed by atoms with Gasteiger partial charge in [0.2, 0.25) is 5.91 Å². The SMILES string of the molecule is CC(=O)c1ccc(NC(=O)CSC2=NC(=Cc3ccccc3)C(=O)N2c2ccc(F)cc2)cc1. The number of rotatable bonds is 6. The minimum Gasteiger partial charge on any atom is -0.325 e. The normalized spacial score (nSPS) is 14.3. The molecule has 170 valence electrons. The summed E-state index contributed by atoms with van der Waals surface area (Å²) in [4.78, 5) is 42.9. The zero-order valence-electron chi connectivity index (χ0n) is 18.2. The van der Waals surface area contributed by atoms with Crippen molar-refractivity contribution in [3.05, 3.63) is 102 Å². The zero-order valence-corrected chi connectivity index (χ0v) is 19.0. The Morgan fingerprint density at radius 3 is 2.32 bits per heavy atom. The Bertz CT molecular complexity index is 1290. The molecule has 1 N–H and O–H groups in total. The standard InChI is InChI=1S/C26H20FN3O3S/c1-17(31)19-7-11-21(12-8-19)28-24(32)16-34-26-29-23(15-18-5-3-2-4-6-18)25(33)30(26)22-13-9-20(27)10-14-22/h2-15H,16H2,1H3,(H,28,32). The number of nitrogens with zero attached hydrogens (tertiary/aromatic N) is 2. The first kappa shape index (κ1) is 23.1. The number of carbonyl (C=O) groups excluding carboxylic acids is 3. The summed E-state index contributed by atoms with van der Waals surface area (Å²) in [6, 6.07) is 21.4. The predicted molar refractivity (Wildman–Crippen MR) is 133 cm³/mol. The van der Waals surface area contributed by atoms with E-state index < -0.39 is 5.82 Å². The second kappa shape index (κ2) is 10.3. The van der Waals surface area contributed by atoms with Crippen molar-refractivity contribution < 1.29 is 18.8 Å². The Morgan fingerprint density at radius 2 is 1.68 bits per heavy atom. The third-order valence-electron chi connectivity index (χ3n) is 4.92. The number of halogens is 1. The summed E-state index contributed by atoms with van der Waals surface area (Å²) >= 11 is 1.10. The van der Waals surface area contributed by atoms with Crippen LogP contribution in [0.1, 0.15) is 22.8 Å². The number of amidine groups is 1. The van der Waals surface area contributed by atoms with E-state index in [2.05, 4.69) is 10.3 Å². The van der Waals surface area contributed by atoms with E-state index in [4.69, 9.17) is 0 Å². The molecule has 0 aromatic heterocycles. The van der Waals surface area contributed by atoms with Gasteiger partial charge in [-0.1, -0.05) is 42.1 Å². The third kappa shape index (κ3) is 5.47. The van der Waals surface area contributed by atoms with Gasteiger partial charge in [0.25, 0.3) is 5.91 Å². The van der Waals surface area contributed by atoms with Crippen molar-refractivity contribution in [2.24, 2.45) is 4.99 Å². The van der Waals surface area contributed by atoms with Crippen molar-refractivity contribution in [2.45, 2.75) is 6.92 Å². The van der Waals surface area contributed by atoms with E-state index in [1.807, 2.05) is 30.3 Å². The number of amides is 2. The second-order valence-corrected chi connectivity index (χ2v) is 8.36. The van der Waals surface area contributed by atoms with Gasteiger partial charge in [-0.3, -0.25) is 19.3 Å². The number of benzene rings is 3. The van der Waals surface area contributed by atoms with Crippen molar-refractivity contribution in [1.82, 2.24) is 0 Å². The number of hydrogen-bond donors (Lipinski definition) is 1. The van der Waals surface area contributed by atoms with Crippen LogP contribution in [0, 0.1) is 5.82 Å². The first-order valence-electron chi connectivity index (χ1n) is 10.4. The van der Waals surface area contributed by atoms with E-state index in [-0.39, 0.29) is 29.0 Å². The number of Topliss-reactive ketones (excluding diaryl/α,β-unsaturated/α-hetero) is 1. The fourth-order valence-corrected chi connectivity index (χ4v) is 4.05. The lowest BCUT2D eigenvalue weighted by molar-refractivity contribution is -0.114. The number of carbonyl (C=O) groups is 3. The van der Waals surface area contributed by atoms with E-state index in [9.17, 15) is 18.8 Å². The van der Waals surface area contributed by atoms with Crippen molar-refractivity contribution in [1.29, 1.82) is 0 Å². The molecular formula is C26H20FN3O3S. The molecule has 4 rings (SSSR count).